The standard InChI is InChI=1S/C30H34N6O2/c1-20-8-10-32-26(15-20)28(22-6-7-22)34-29(37)25-17-21(5-4-12-36-14-13-35(2)30(36)31)16-24(18-25)23-9-11-33-27(19-23)38-3/h8-11,13-19,22,28,31H,4-7,12H2,1-3H3,(H,34,37). The van der Waals surface area contributed by atoms with Gasteiger partial charge in [0.15, 0.2) is 0 Å². The summed E-state index contributed by atoms with van der Waals surface area (Å²) in [5.41, 5.74) is 6.11. The summed E-state index contributed by atoms with van der Waals surface area (Å²) in [5, 5.41) is 11.5. The molecule has 3 aromatic heterocycles. The summed E-state index contributed by atoms with van der Waals surface area (Å²) >= 11 is 0. The van der Waals surface area contributed by atoms with E-state index in [2.05, 4.69) is 27.4 Å². The molecule has 0 aliphatic heterocycles. The van der Waals surface area contributed by atoms with Crippen molar-refractivity contribution in [1.29, 1.82) is 5.41 Å². The third-order valence-electron chi connectivity index (χ3n) is 7.11. The van der Waals surface area contributed by atoms with E-state index >= 15 is 0 Å². The Morgan fingerprint density at radius 2 is 1.92 bits per heavy atom. The fourth-order valence-corrected chi connectivity index (χ4v) is 4.81. The van der Waals surface area contributed by atoms with Gasteiger partial charge in [-0.25, -0.2) is 4.98 Å². The number of ether oxygens (including phenoxy) is 1. The number of carbonyl (C=O) groups is 1. The van der Waals surface area contributed by atoms with Crippen molar-refractivity contribution >= 4 is 5.91 Å². The van der Waals surface area contributed by atoms with Gasteiger partial charge in [-0.2, -0.15) is 0 Å². The van der Waals surface area contributed by atoms with E-state index in [1.807, 2.05) is 67.5 Å². The number of hydrogen-bond donors (Lipinski definition) is 2. The second kappa shape index (κ2) is 11.0. The minimum Gasteiger partial charge on any atom is -0.481 e. The number of methoxy groups -OCH3 is 1. The number of carbonyl (C=O) groups excluding carboxylic acids is 1. The summed E-state index contributed by atoms with van der Waals surface area (Å²) in [4.78, 5) is 22.4. The Balaban J connectivity index is 1.42. The fourth-order valence-electron chi connectivity index (χ4n) is 4.81. The molecule has 1 aliphatic rings. The van der Waals surface area contributed by atoms with Crippen molar-refractivity contribution in [3.05, 3.63) is 95.3 Å². The summed E-state index contributed by atoms with van der Waals surface area (Å²) in [7, 11) is 3.47. The van der Waals surface area contributed by atoms with Crippen LogP contribution in [-0.4, -0.2) is 32.1 Å². The normalized spacial score (nSPS) is 13.8. The molecule has 1 aromatic carbocycles. The molecule has 3 heterocycles. The molecule has 1 fully saturated rings. The zero-order valence-electron chi connectivity index (χ0n) is 22.1. The lowest BCUT2D eigenvalue weighted by Gasteiger charge is -2.19. The number of pyridine rings is 2. The lowest BCUT2D eigenvalue weighted by Crippen LogP contribution is -2.30. The number of rotatable bonds is 10. The summed E-state index contributed by atoms with van der Waals surface area (Å²) < 4.78 is 9.06. The number of nitrogens with zero attached hydrogens (tertiary/aromatic N) is 4. The lowest BCUT2D eigenvalue weighted by molar-refractivity contribution is 0.0930. The maximum Gasteiger partial charge on any atom is 0.251 e. The highest BCUT2D eigenvalue weighted by Crippen LogP contribution is 2.40. The minimum atomic E-state index is -0.0970. The van der Waals surface area contributed by atoms with E-state index in [4.69, 9.17) is 10.1 Å². The van der Waals surface area contributed by atoms with Gasteiger partial charge in [-0.1, -0.05) is 6.07 Å². The molecule has 1 amide bonds. The molecule has 0 radical (unpaired) electrons. The molecule has 0 bridgehead atoms. The SMILES string of the molecule is COc1cc(-c2cc(CCCn3ccn(C)c3=N)cc(C(=O)NC(c3cc(C)ccn3)C3CC3)c2)ccn1. The number of hydrogen-bond acceptors (Lipinski definition) is 5. The number of nitrogens with one attached hydrogen (secondary N) is 2. The molecule has 2 N–H and O–H groups in total. The molecule has 8 heteroatoms. The van der Waals surface area contributed by atoms with E-state index in [0.717, 1.165) is 60.2 Å². The van der Waals surface area contributed by atoms with Crippen LogP contribution in [0.5, 0.6) is 5.88 Å². The Labute approximate surface area is 222 Å². The molecule has 0 saturated heterocycles. The highest BCUT2D eigenvalue weighted by Gasteiger charge is 2.34. The van der Waals surface area contributed by atoms with E-state index in [-0.39, 0.29) is 11.9 Å². The van der Waals surface area contributed by atoms with Crippen molar-refractivity contribution in [3.63, 3.8) is 0 Å². The maximum absolute atomic E-state index is 13.6. The van der Waals surface area contributed by atoms with Crippen LogP contribution in [0.15, 0.2) is 67.3 Å². The monoisotopic (exact) mass is 510 g/mol. The van der Waals surface area contributed by atoms with Gasteiger partial charge in [-0.3, -0.25) is 15.2 Å². The molecule has 5 rings (SSSR count). The van der Waals surface area contributed by atoms with Crippen molar-refractivity contribution in [2.45, 2.75) is 45.2 Å². The molecule has 1 atom stereocenters. The van der Waals surface area contributed by atoms with Crippen LogP contribution in [0, 0.1) is 18.3 Å². The topological polar surface area (TPSA) is 97.8 Å². The van der Waals surface area contributed by atoms with E-state index in [1.54, 1.807) is 17.9 Å². The summed E-state index contributed by atoms with van der Waals surface area (Å²) in [6.45, 7) is 2.78. The van der Waals surface area contributed by atoms with Crippen molar-refractivity contribution < 1.29 is 9.53 Å². The number of benzene rings is 1. The lowest BCUT2D eigenvalue weighted by atomic mass is 9.97. The Kier molecular flexibility index (Phi) is 7.40. The van der Waals surface area contributed by atoms with Gasteiger partial charge in [-0.05, 0) is 91.1 Å². The first-order valence-corrected chi connectivity index (χ1v) is 13.1. The average molecular weight is 511 g/mol. The van der Waals surface area contributed by atoms with Crippen LogP contribution in [0.4, 0.5) is 0 Å². The smallest absolute Gasteiger partial charge is 0.251 e. The largest absolute Gasteiger partial charge is 0.481 e. The van der Waals surface area contributed by atoms with E-state index < -0.39 is 0 Å². The Morgan fingerprint density at radius 1 is 1.11 bits per heavy atom. The molecule has 1 unspecified atom stereocenters. The Bertz CT molecular complexity index is 1500. The number of imidazole rings is 1. The Hall–Kier alpha value is -4.20. The highest BCUT2D eigenvalue weighted by molar-refractivity contribution is 5.96. The van der Waals surface area contributed by atoms with Crippen LogP contribution in [0.2, 0.25) is 0 Å². The third-order valence-corrected chi connectivity index (χ3v) is 7.11. The molecule has 196 valence electrons. The molecule has 38 heavy (non-hydrogen) atoms. The third kappa shape index (κ3) is 5.85. The molecule has 0 spiro atoms. The zero-order valence-corrected chi connectivity index (χ0v) is 22.1. The predicted molar refractivity (Wildman–Crippen MR) is 146 cm³/mol. The second-order valence-corrected chi connectivity index (χ2v) is 10.1. The van der Waals surface area contributed by atoms with Crippen LogP contribution < -0.4 is 15.7 Å². The van der Waals surface area contributed by atoms with Crippen LogP contribution in [-0.2, 0) is 20.0 Å². The van der Waals surface area contributed by atoms with Crippen molar-refractivity contribution in [1.82, 2.24) is 24.4 Å². The van der Waals surface area contributed by atoms with Gasteiger partial charge >= 0.3 is 0 Å². The van der Waals surface area contributed by atoms with Crippen molar-refractivity contribution in [2.24, 2.45) is 13.0 Å². The maximum atomic E-state index is 13.6. The molecule has 8 nitrogen and oxygen atoms in total. The van der Waals surface area contributed by atoms with E-state index in [9.17, 15) is 4.79 Å². The summed E-state index contributed by atoms with van der Waals surface area (Å²) in [5.74, 6) is 0.851. The number of amides is 1. The second-order valence-electron chi connectivity index (χ2n) is 10.1. The van der Waals surface area contributed by atoms with E-state index in [1.165, 1.54) is 0 Å². The quantitative estimate of drug-likeness (QED) is 0.326. The van der Waals surface area contributed by atoms with Gasteiger partial charge in [0, 0.05) is 50.0 Å². The molecular formula is C30H34N6O2. The van der Waals surface area contributed by atoms with Gasteiger partial charge < -0.3 is 19.2 Å². The van der Waals surface area contributed by atoms with Crippen LogP contribution in [0.3, 0.4) is 0 Å². The molecule has 4 aromatic rings. The molecule has 1 aliphatic carbocycles. The summed E-state index contributed by atoms with van der Waals surface area (Å²) in [6.07, 6.45) is 11.2. The minimum absolute atomic E-state index is 0.0968. The number of aromatic nitrogens is 4. The summed E-state index contributed by atoms with van der Waals surface area (Å²) in [6, 6.07) is 13.8. The Morgan fingerprint density at radius 3 is 2.63 bits per heavy atom. The number of aryl methyl sites for hydroxylation is 4. The van der Waals surface area contributed by atoms with Gasteiger partial charge in [0.1, 0.15) is 0 Å². The van der Waals surface area contributed by atoms with E-state index in [0.29, 0.717) is 23.0 Å². The fraction of sp³-hybridized carbons (Fsp3) is 0.333. The van der Waals surface area contributed by atoms with Gasteiger partial charge in [0.05, 0.1) is 18.8 Å². The molecular weight excluding hydrogens is 476 g/mol. The zero-order chi connectivity index (χ0) is 26.6. The van der Waals surface area contributed by atoms with Crippen molar-refractivity contribution in [3.8, 4) is 17.0 Å². The van der Waals surface area contributed by atoms with Crippen LogP contribution >= 0.6 is 0 Å². The first kappa shape index (κ1) is 25.4. The highest BCUT2D eigenvalue weighted by atomic mass is 16.5. The van der Waals surface area contributed by atoms with Crippen LogP contribution in [0.1, 0.15) is 52.5 Å². The average Bonchev–Trinajstić information content (AvgIpc) is 3.73. The molecule has 1 saturated carbocycles. The van der Waals surface area contributed by atoms with Crippen LogP contribution in [0.25, 0.3) is 11.1 Å². The first-order valence-electron chi connectivity index (χ1n) is 13.1. The van der Waals surface area contributed by atoms with Gasteiger partial charge in [-0.15, -0.1) is 0 Å². The van der Waals surface area contributed by atoms with Crippen molar-refractivity contribution in [2.75, 3.05) is 7.11 Å². The predicted octanol–water partition coefficient (Wildman–Crippen LogP) is 4.59. The first-order chi connectivity index (χ1) is 18.4. The van der Waals surface area contributed by atoms with Gasteiger partial charge in [0.25, 0.3) is 5.91 Å². The van der Waals surface area contributed by atoms with Gasteiger partial charge in [0.2, 0.25) is 11.5 Å².